The molecule has 27 heavy (non-hydrogen) atoms. The Morgan fingerprint density at radius 3 is 2.48 bits per heavy atom. The SMILES string of the molecule is O=c1cc(-c2ccccc2)c2ccc(OCc3ccc(Cl)cc3Cl)cc2o1. The summed E-state index contributed by atoms with van der Waals surface area (Å²) in [6.45, 7) is 0.282. The smallest absolute Gasteiger partial charge is 0.336 e. The highest BCUT2D eigenvalue weighted by atomic mass is 35.5. The summed E-state index contributed by atoms with van der Waals surface area (Å²) in [5.74, 6) is 0.585. The van der Waals surface area contributed by atoms with Crippen molar-refractivity contribution in [3.63, 3.8) is 0 Å². The van der Waals surface area contributed by atoms with Gasteiger partial charge >= 0.3 is 5.63 Å². The Morgan fingerprint density at radius 2 is 1.70 bits per heavy atom. The summed E-state index contributed by atoms with van der Waals surface area (Å²) in [6, 6.07) is 21.9. The van der Waals surface area contributed by atoms with Gasteiger partial charge in [0.2, 0.25) is 0 Å². The van der Waals surface area contributed by atoms with E-state index in [1.54, 1.807) is 18.2 Å². The van der Waals surface area contributed by atoms with Crippen LogP contribution in [0.15, 0.2) is 82.0 Å². The van der Waals surface area contributed by atoms with Crippen LogP contribution in [0.4, 0.5) is 0 Å². The molecule has 0 aliphatic rings. The van der Waals surface area contributed by atoms with Gasteiger partial charge in [0.25, 0.3) is 0 Å². The van der Waals surface area contributed by atoms with Gasteiger partial charge in [-0.05, 0) is 35.4 Å². The van der Waals surface area contributed by atoms with Crippen LogP contribution in [0.2, 0.25) is 10.0 Å². The van der Waals surface area contributed by atoms with Gasteiger partial charge in [-0.3, -0.25) is 0 Å². The zero-order valence-corrected chi connectivity index (χ0v) is 15.6. The normalized spacial score (nSPS) is 10.9. The van der Waals surface area contributed by atoms with Crippen molar-refractivity contribution >= 4 is 34.2 Å². The van der Waals surface area contributed by atoms with Crippen LogP contribution < -0.4 is 10.4 Å². The second kappa shape index (κ2) is 7.47. The molecule has 4 rings (SSSR count). The van der Waals surface area contributed by atoms with E-state index < -0.39 is 5.63 Å². The minimum atomic E-state index is -0.403. The summed E-state index contributed by atoms with van der Waals surface area (Å²) in [6.07, 6.45) is 0. The van der Waals surface area contributed by atoms with E-state index in [0.29, 0.717) is 21.4 Å². The summed E-state index contributed by atoms with van der Waals surface area (Å²) in [5, 5.41) is 1.96. The third-order valence-electron chi connectivity index (χ3n) is 4.21. The topological polar surface area (TPSA) is 39.4 Å². The molecule has 1 heterocycles. The number of fused-ring (bicyclic) bond motifs is 1. The molecule has 5 heteroatoms. The van der Waals surface area contributed by atoms with Crippen molar-refractivity contribution in [1.29, 1.82) is 0 Å². The third kappa shape index (κ3) is 3.85. The van der Waals surface area contributed by atoms with Gasteiger partial charge in [0.05, 0.1) is 0 Å². The van der Waals surface area contributed by atoms with Gasteiger partial charge in [-0.2, -0.15) is 0 Å². The molecular formula is C22H14Cl2O3. The number of halogens is 2. The quantitative estimate of drug-likeness (QED) is 0.377. The predicted molar refractivity (Wildman–Crippen MR) is 109 cm³/mol. The first kappa shape index (κ1) is 17.7. The van der Waals surface area contributed by atoms with Crippen LogP contribution in [0.5, 0.6) is 5.75 Å². The molecule has 134 valence electrons. The van der Waals surface area contributed by atoms with Crippen molar-refractivity contribution in [1.82, 2.24) is 0 Å². The maximum atomic E-state index is 12.0. The second-order valence-electron chi connectivity index (χ2n) is 6.03. The Balaban J connectivity index is 1.67. The molecule has 1 aromatic heterocycles. The molecule has 0 saturated carbocycles. The van der Waals surface area contributed by atoms with E-state index in [4.69, 9.17) is 32.4 Å². The van der Waals surface area contributed by atoms with Gasteiger partial charge in [-0.25, -0.2) is 4.79 Å². The van der Waals surface area contributed by atoms with E-state index in [1.807, 2.05) is 48.5 Å². The molecule has 0 amide bonds. The zero-order chi connectivity index (χ0) is 18.8. The number of benzene rings is 3. The van der Waals surface area contributed by atoms with Crippen LogP contribution in [-0.2, 0) is 6.61 Å². The summed E-state index contributed by atoms with van der Waals surface area (Å²) >= 11 is 12.1. The van der Waals surface area contributed by atoms with Gasteiger partial charge in [-0.15, -0.1) is 0 Å². The van der Waals surface area contributed by atoms with Gasteiger partial charge in [0, 0.05) is 33.1 Å². The number of hydrogen-bond donors (Lipinski definition) is 0. The van der Waals surface area contributed by atoms with Crippen molar-refractivity contribution in [2.45, 2.75) is 6.61 Å². The van der Waals surface area contributed by atoms with Crippen molar-refractivity contribution in [2.24, 2.45) is 0 Å². The van der Waals surface area contributed by atoms with Gasteiger partial charge < -0.3 is 9.15 Å². The summed E-state index contributed by atoms with van der Waals surface area (Å²) in [7, 11) is 0. The average molecular weight is 397 g/mol. The summed E-state index contributed by atoms with van der Waals surface area (Å²) in [5.41, 5.74) is 2.67. The lowest BCUT2D eigenvalue weighted by molar-refractivity contribution is 0.306. The van der Waals surface area contributed by atoms with E-state index in [9.17, 15) is 4.79 Å². The molecule has 0 atom stereocenters. The molecule has 0 fully saturated rings. The average Bonchev–Trinajstić information content (AvgIpc) is 2.67. The number of ether oxygens (including phenoxy) is 1. The highest BCUT2D eigenvalue weighted by Crippen LogP contribution is 2.30. The molecule has 0 bridgehead atoms. The standard InChI is InChI=1S/C22H14Cl2O3/c23-16-7-6-15(20(24)10-16)13-26-17-8-9-18-19(14-4-2-1-3-5-14)12-22(25)27-21(18)11-17/h1-12H,13H2. The van der Waals surface area contributed by atoms with Crippen molar-refractivity contribution in [2.75, 3.05) is 0 Å². The molecule has 0 radical (unpaired) electrons. The van der Waals surface area contributed by atoms with Crippen molar-refractivity contribution < 1.29 is 9.15 Å². The first-order valence-electron chi connectivity index (χ1n) is 8.30. The van der Waals surface area contributed by atoms with Crippen LogP contribution in [0.3, 0.4) is 0 Å². The van der Waals surface area contributed by atoms with E-state index in [-0.39, 0.29) is 6.61 Å². The molecule has 0 N–H and O–H groups in total. The maximum absolute atomic E-state index is 12.0. The lowest BCUT2D eigenvalue weighted by atomic mass is 10.0. The summed E-state index contributed by atoms with van der Waals surface area (Å²) < 4.78 is 11.2. The monoisotopic (exact) mass is 396 g/mol. The minimum Gasteiger partial charge on any atom is -0.489 e. The lowest BCUT2D eigenvalue weighted by Gasteiger charge is -2.10. The van der Waals surface area contributed by atoms with Crippen LogP contribution in [0.1, 0.15) is 5.56 Å². The molecular weight excluding hydrogens is 383 g/mol. The molecule has 0 unspecified atom stereocenters. The van der Waals surface area contributed by atoms with Crippen LogP contribution >= 0.6 is 23.2 Å². The fraction of sp³-hybridized carbons (Fsp3) is 0.0455. The first-order valence-corrected chi connectivity index (χ1v) is 9.06. The molecule has 0 aliphatic carbocycles. The number of rotatable bonds is 4. The van der Waals surface area contributed by atoms with Crippen molar-refractivity contribution in [3.05, 3.63) is 98.8 Å². The van der Waals surface area contributed by atoms with Crippen LogP contribution in [0, 0.1) is 0 Å². The Hall–Kier alpha value is -2.75. The highest BCUT2D eigenvalue weighted by Gasteiger charge is 2.09. The first-order chi connectivity index (χ1) is 13.1. The molecule has 0 spiro atoms. The third-order valence-corrected chi connectivity index (χ3v) is 4.80. The Kier molecular flexibility index (Phi) is 4.88. The molecule has 0 aliphatic heterocycles. The Morgan fingerprint density at radius 1 is 0.889 bits per heavy atom. The number of hydrogen-bond acceptors (Lipinski definition) is 3. The van der Waals surface area contributed by atoms with E-state index in [0.717, 1.165) is 22.1 Å². The fourth-order valence-electron chi connectivity index (χ4n) is 2.89. The molecule has 0 saturated heterocycles. The van der Waals surface area contributed by atoms with E-state index in [1.165, 1.54) is 6.07 Å². The Bertz CT molecular complexity index is 1170. The van der Waals surface area contributed by atoms with Gasteiger partial charge in [-0.1, -0.05) is 59.6 Å². The highest BCUT2D eigenvalue weighted by molar-refractivity contribution is 6.35. The zero-order valence-electron chi connectivity index (χ0n) is 14.1. The molecule has 3 nitrogen and oxygen atoms in total. The molecule has 4 aromatic rings. The van der Waals surface area contributed by atoms with E-state index >= 15 is 0 Å². The predicted octanol–water partition coefficient (Wildman–Crippen LogP) is 6.35. The Labute approximate surface area is 165 Å². The van der Waals surface area contributed by atoms with Crippen LogP contribution in [0.25, 0.3) is 22.1 Å². The van der Waals surface area contributed by atoms with E-state index in [2.05, 4.69) is 0 Å². The fourth-order valence-corrected chi connectivity index (χ4v) is 3.35. The lowest BCUT2D eigenvalue weighted by Crippen LogP contribution is -1.99. The largest absolute Gasteiger partial charge is 0.489 e. The maximum Gasteiger partial charge on any atom is 0.336 e. The van der Waals surface area contributed by atoms with Gasteiger partial charge in [0.1, 0.15) is 17.9 Å². The van der Waals surface area contributed by atoms with Gasteiger partial charge in [0.15, 0.2) is 0 Å². The van der Waals surface area contributed by atoms with Crippen LogP contribution in [-0.4, -0.2) is 0 Å². The minimum absolute atomic E-state index is 0.282. The van der Waals surface area contributed by atoms with Crippen molar-refractivity contribution in [3.8, 4) is 16.9 Å². The summed E-state index contributed by atoms with van der Waals surface area (Å²) in [4.78, 5) is 12.0. The molecule has 3 aromatic carbocycles. The second-order valence-corrected chi connectivity index (χ2v) is 6.87.